The maximum absolute atomic E-state index is 12.9. The maximum Gasteiger partial charge on any atom is 0.362 e. The zero-order chi connectivity index (χ0) is 27.8. The van der Waals surface area contributed by atoms with Gasteiger partial charge < -0.3 is 14.9 Å². The highest BCUT2D eigenvalue weighted by Crippen LogP contribution is 2.40. The number of aromatic nitrogens is 1. The molecule has 5 rings (SSSR count). The molecular weight excluding hydrogens is 518 g/mol. The first-order valence-electron chi connectivity index (χ1n) is 13.6. The number of benzene rings is 3. The van der Waals surface area contributed by atoms with Crippen LogP contribution in [0.25, 0.3) is 0 Å². The third-order valence-corrected chi connectivity index (χ3v) is 7.82. The van der Waals surface area contributed by atoms with Crippen molar-refractivity contribution >= 4 is 28.1 Å². The Balaban J connectivity index is 1.54. The number of thiazole rings is 1. The van der Waals surface area contributed by atoms with Gasteiger partial charge in [0.05, 0.1) is 6.61 Å². The normalized spacial score (nSPS) is 14.5. The van der Waals surface area contributed by atoms with Gasteiger partial charge in [0.15, 0.2) is 5.13 Å². The SMILES string of the molecule is C=C1CCC(O/N=C(\C(=O)OCC)c2csc(NC(c3ccccc3)(c3ccccc3)c3ccccc3)n2)CC1. The molecule has 0 radical (unpaired) electrons. The Labute approximate surface area is 239 Å². The predicted molar refractivity (Wildman–Crippen MR) is 161 cm³/mol. The maximum atomic E-state index is 12.9. The number of rotatable bonds is 10. The molecule has 1 saturated carbocycles. The number of carbonyl (C=O) groups excluding carboxylic acids is 1. The van der Waals surface area contributed by atoms with Crippen molar-refractivity contribution in [2.24, 2.45) is 5.16 Å². The van der Waals surface area contributed by atoms with Gasteiger partial charge in [-0.3, -0.25) is 0 Å². The van der Waals surface area contributed by atoms with Crippen LogP contribution in [0.4, 0.5) is 5.13 Å². The number of nitrogens with zero attached hydrogens (tertiary/aromatic N) is 2. The summed E-state index contributed by atoms with van der Waals surface area (Å²) in [5.41, 5.74) is 4.15. The van der Waals surface area contributed by atoms with Crippen LogP contribution >= 0.6 is 11.3 Å². The molecule has 6 nitrogen and oxygen atoms in total. The van der Waals surface area contributed by atoms with Crippen LogP contribution in [0, 0.1) is 0 Å². The van der Waals surface area contributed by atoms with Gasteiger partial charge in [0.2, 0.25) is 5.71 Å². The second-order valence-corrected chi connectivity index (χ2v) is 10.6. The molecule has 1 fully saturated rings. The van der Waals surface area contributed by atoms with Crippen LogP contribution < -0.4 is 5.32 Å². The minimum atomic E-state index is -0.735. The Morgan fingerprint density at radius 2 is 1.48 bits per heavy atom. The number of hydrogen-bond acceptors (Lipinski definition) is 7. The van der Waals surface area contributed by atoms with Crippen LogP contribution in [0.2, 0.25) is 0 Å². The summed E-state index contributed by atoms with van der Waals surface area (Å²) in [7, 11) is 0. The number of hydrogen-bond donors (Lipinski definition) is 1. The van der Waals surface area contributed by atoms with Crippen molar-refractivity contribution in [3.8, 4) is 0 Å². The number of carbonyl (C=O) groups is 1. The van der Waals surface area contributed by atoms with Gasteiger partial charge in [-0.2, -0.15) is 0 Å². The van der Waals surface area contributed by atoms with Gasteiger partial charge in [-0.1, -0.05) is 108 Å². The molecule has 1 N–H and O–H groups in total. The van der Waals surface area contributed by atoms with E-state index in [1.165, 1.54) is 16.9 Å². The molecule has 3 aromatic carbocycles. The zero-order valence-corrected chi connectivity index (χ0v) is 23.4. The molecule has 7 heteroatoms. The highest BCUT2D eigenvalue weighted by molar-refractivity contribution is 7.14. The second kappa shape index (κ2) is 12.7. The Hall–Kier alpha value is -4.23. The number of ether oxygens (including phenoxy) is 1. The molecule has 204 valence electrons. The number of nitrogens with one attached hydrogen (secondary N) is 1. The molecule has 40 heavy (non-hydrogen) atoms. The summed E-state index contributed by atoms with van der Waals surface area (Å²) < 4.78 is 5.31. The first kappa shape index (κ1) is 27.3. The standard InChI is InChI=1S/C33H33N3O3S/c1-3-38-31(37)30(36-39-28-21-19-24(2)20-22-28)29-23-40-32(34-29)35-33(25-13-7-4-8-14-25,26-15-9-5-10-16-26)27-17-11-6-12-18-27/h4-18,23,28H,2-3,19-22H2,1H3,(H,34,35)/b36-30-. The third kappa shape index (κ3) is 6.00. The monoisotopic (exact) mass is 551 g/mol. The van der Waals surface area contributed by atoms with Crippen molar-refractivity contribution < 1.29 is 14.4 Å². The van der Waals surface area contributed by atoms with Crippen molar-refractivity contribution in [2.75, 3.05) is 11.9 Å². The summed E-state index contributed by atoms with van der Waals surface area (Å²) in [6.45, 7) is 6.06. The lowest BCUT2D eigenvalue weighted by molar-refractivity contribution is -0.135. The molecule has 0 amide bonds. The Kier molecular flexibility index (Phi) is 8.71. The molecule has 1 aromatic heterocycles. The Morgan fingerprint density at radius 1 is 0.950 bits per heavy atom. The fraction of sp³-hybridized carbons (Fsp3) is 0.242. The number of allylic oxidation sites excluding steroid dienone is 1. The van der Waals surface area contributed by atoms with E-state index in [1.54, 1.807) is 6.92 Å². The highest BCUT2D eigenvalue weighted by atomic mass is 32.1. The van der Waals surface area contributed by atoms with Crippen LogP contribution in [0.3, 0.4) is 0 Å². The molecular formula is C33H33N3O3S. The van der Waals surface area contributed by atoms with Gasteiger partial charge in [0, 0.05) is 5.38 Å². The van der Waals surface area contributed by atoms with E-state index in [9.17, 15) is 4.79 Å². The minimum Gasteiger partial charge on any atom is -0.461 e. The van der Waals surface area contributed by atoms with Crippen molar-refractivity contribution in [1.82, 2.24) is 4.98 Å². The van der Waals surface area contributed by atoms with E-state index >= 15 is 0 Å². The molecule has 0 spiro atoms. The lowest BCUT2D eigenvalue weighted by Crippen LogP contribution is -2.38. The Bertz CT molecular complexity index is 1350. The zero-order valence-electron chi connectivity index (χ0n) is 22.6. The van der Waals surface area contributed by atoms with E-state index in [0.29, 0.717) is 10.8 Å². The van der Waals surface area contributed by atoms with E-state index in [0.717, 1.165) is 42.4 Å². The molecule has 0 unspecified atom stereocenters. The van der Waals surface area contributed by atoms with Gasteiger partial charge in [-0.05, 0) is 49.3 Å². The Morgan fingerprint density at radius 3 is 1.98 bits per heavy atom. The van der Waals surface area contributed by atoms with E-state index in [2.05, 4.69) is 53.4 Å². The number of anilines is 1. The lowest BCUT2D eigenvalue weighted by atomic mass is 9.77. The van der Waals surface area contributed by atoms with E-state index < -0.39 is 11.5 Å². The quantitative estimate of drug-likeness (QED) is 0.0734. The van der Waals surface area contributed by atoms with Crippen molar-refractivity contribution in [3.63, 3.8) is 0 Å². The fourth-order valence-corrected chi connectivity index (χ4v) is 5.75. The minimum absolute atomic E-state index is 0.0620. The number of esters is 1. The topological polar surface area (TPSA) is 72.8 Å². The second-order valence-electron chi connectivity index (χ2n) is 9.73. The predicted octanol–water partition coefficient (Wildman–Crippen LogP) is 7.33. The third-order valence-electron chi connectivity index (χ3n) is 7.06. The van der Waals surface area contributed by atoms with Gasteiger partial charge in [-0.15, -0.1) is 11.3 Å². The van der Waals surface area contributed by atoms with Gasteiger partial charge in [0.1, 0.15) is 17.3 Å². The molecule has 0 bridgehead atoms. The summed E-state index contributed by atoms with van der Waals surface area (Å²) in [6, 6.07) is 30.9. The van der Waals surface area contributed by atoms with Gasteiger partial charge in [-0.25, -0.2) is 9.78 Å². The largest absolute Gasteiger partial charge is 0.461 e. The van der Waals surface area contributed by atoms with E-state index in [-0.39, 0.29) is 18.4 Å². The van der Waals surface area contributed by atoms with Crippen LogP contribution in [-0.2, 0) is 19.9 Å². The van der Waals surface area contributed by atoms with E-state index in [1.807, 2.05) is 60.0 Å². The summed E-state index contributed by atoms with van der Waals surface area (Å²) in [5.74, 6) is -0.556. The summed E-state index contributed by atoms with van der Waals surface area (Å²) in [6.07, 6.45) is 3.40. The molecule has 0 atom stereocenters. The summed E-state index contributed by atoms with van der Waals surface area (Å²) in [5, 5.41) is 10.5. The molecule has 0 saturated heterocycles. The van der Waals surface area contributed by atoms with Crippen LogP contribution in [0.1, 0.15) is 55.0 Å². The smallest absolute Gasteiger partial charge is 0.362 e. The van der Waals surface area contributed by atoms with Crippen molar-refractivity contribution in [1.29, 1.82) is 0 Å². The molecule has 1 aliphatic rings. The van der Waals surface area contributed by atoms with Gasteiger partial charge >= 0.3 is 5.97 Å². The highest BCUT2D eigenvalue weighted by Gasteiger charge is 2.37. The number of oxime groups is 1. The molecule has 4 aromatic rings. The molecule has 0 aliphatic heterocycles. The molecule has 1 aliphatic carbocycles. The van der Waals surface area contributed by atoms with Gasteiger partial charge in [0.25, 0.3) is 0 Å². The van der Waals surface area contributed by atoms with Crippen LogP contribution in [0.15, 0.2) is 114 Å². The summed E-state index contributed by atoms with van der Waals surface area (Å²) in [4.78, 5) is 23.6. The lowest BCUT2D eigenvalue weighted by Gasteiger charge is -2.36. The van der Waals surface area contributed by atoms with Crippen molar-refractivity contribution in [2.45, 2.75) is 44.2 Å². The summed E-state index contributed by atoms with van der Waals surface area (Å²) >= 11 is 1.41. The first-order valence-corrected chi connectivity index (χ1v) is 14.5. The fourth-order valence-electron chi connectivity index (χ4n) is 5.00. The average Bonchev–Trinajstić information content (AvgIpc) is 3.46. The first-order chi connectivity index (χ1) is 19.6. The van der Waals surface area contributed by atoms with Crippen molar-refractivity contribution in [3.05, 3.63) is 131 Å². The van der Waals surface area contributed by atoms with Crippen LogP contribution in [-0.4, -0.2) is 29.4 Å². The van der Waals surface area contributed by atoms with E-state index in [4.69, 9.17) is 14.6 Å². The van der Waals surface area contributed by atoms with Crippen LogP contribution in [0.5, 0.6) is 0 Å². The molecule has 1 heterocycles. The average molecular weight is 552 g/mol.